The number of hydrogen-bond acceptors (Lipinski definition) is 8. The van der Waals surface area contributed by atoms with Gasteiger partial charge in [-0.25, -0.2) is 8.78 Å². The Morgan fingerprint density at radius 2 is 1.00 bits per heavy atom. The number of nitriles is 2. The van der Waals surface area contributed by atoms with Gasteiger partial charge >= 0.3 is 12.4 Å². The SMILES string of the molecule is CNC(=O)C1CC2(C1)C(=O)N(c1ccc(C#N)cc1F)CC(=O)N2Cc1ccc(C(F)(F)F)cc1.N#Cc1ccc(N2CC(=O)N(Cc3ccc(C(F)(F)F)cc3)C3(CC(C(=O)Cl)C3)C2=O)c(F)c1. The number of piperazine rings is 2. The molecule has 0 bridgehead atoms. The molecule has 8 rings (SSSR count). The molecule has 4 fully saturated rings. The zero-order valence-corrected chi connectivity index (χ0v) is 36.7. The maximum atomic E-state index is 14.7. The van der Waals surface area contributed by atoms with Gasteiger partial charge in [-0.2, -0.15) is 36.9 Å². The molecule has 0 unspecified atom stereocenters. The number of nitrogens with one attached hydrogen (secondary N) is 1. The van der Waals surface area contributed by atoms with Crippen molar-refractivity contribution in [2.75, 3.05) is 29.9 Å². The standard InChI is InChI=1S/C24H20F4N4O3.C23H16ClF4N3O3/c1-30-21(34)16-9-23(10-16)22(35)31(19-7-4-15(11-29)8-18(19)25)13-20(33)32(23)12-14-2-5-17(6-3-14)24(26,27)28;24-20(33)15-8-22(9-15)21(34)30(18-6-3-14(10-29)7-17(18)25)12-19(32)31(22)11-13-1-4-16(5-2-13)23(26,27)28/h2-8,16H,9-10,12-13H2,1H3,(H,30,34);1-7,15H,8-9,11-12H2. The van der Waals surface area contributed by atoms with Crippen LogP contribution < -0.4 is 15.1 Å². The lowest BCUT2D eigenvalue weighted by Gasteiger charge is -2.56. The van der Waals surface area contributed by atoms with Gasteiger partial charge in [-0.3, -0.25) is 38.6 Å². The minimum Gasteiger partial charge on any atom is -0.359 e. The van der Waals surface area contributed by atoms with Crippen LogP contribution in [0.4, 0.5) is 46.5 Å². The third kappa shape index (κ3) is 9.43. The second kappa shape index (κ2) is 18.6. The normalized spacial score (nSPS) is 22.3. The van der Waals surface area contributed by atoms with E-state index in [0.717, 1.165) is 46.2 Å². The monoisotopic (exact) mass is 981 g/mol. The molecular weight excluding hydrogens is 946 g/mol. The molecule has 13 nitrogen and oxygen atoms in total. The first kappa shape index (κ1) is 49.5. The van der Waals surface area contributed by atoms with Crippen molar-refractivity contribution in [3.63, 3.8) is 0 Å². The highest BCUT2D eigenvalue weighted by atomic mass is 35.5. The number of anilines is 2. The second-order valence-corrected chi connectivity index (χ2v) is 17.3. The predicted molar refractivity (Wildman–Crippen MR) is 227 cm³/mol. The summed E-state index contributed by atoms with van der Waals surface area (Å²) in [4.78, 5) is 81.8. The fraction of sp³-hybridized carbons (Fsp3) is 0.319. The lowest BCUT2D eigenvalue weighted by Crippen LogP contribution is -2.73. The van der Waals surface area contributed by atoms with Crippen LogP contribution >= 0.6 is 11.6 Å². The molecule has 2 heterocycles. The Kier molecular flexibility index (Phi) is 13.3. The van der Waals surface area contributed by atoms with E-state index in [2.05, 4.69) is 5.32 Å². The fourth-order valence-corrected chi connectivity index (χ4v) is 9.22. The van der Waals surface area contributed by atoms with E-state index in [-0.39, 0.29) is 67.2 Å². The molecule has 0 atom stereocenters. The number of halogens is 9. The fourth-order valence-electron chi connectivity index (χ4n) is 9.07. The number of alkyl halides is 6. The Balaban J connectivity index is 0.000000204. The summed E-state index contributed by atoms with van der Waals surface area (Å²) in [6.07, 6.45) is -9.23. The van der Waals surface area contributed by atoms with Gasteiger partial charge in [-0.05, 0) is 109 Å². The highest BCUT2D eigenvalue weighted by molar-refractivity contribution is 6.64. The van der Waals surface area contributed by atoms with Gasteiger partial charge in [0.2, 0.25) is 23.0 Å². The highest BCUT2D eigenvalue weighted by Gasteiger charge is 2.63. The van der Waals surface area contributed by atoms with E-state index in [4.69, 9.17) is 22.1 Å². The Morgan fingerprint density at radius 3 is 1.30 bits per heavy atom. The smallest absolute Gasteiger partial charge is 0.359 e. The number of rotatable bonds is 8. The van der Waals surface area contributed by atoms with Crippen molar-refractivity contribution in [2.45, 2.75) is 62.2 Å². The third-order valence-electron chi connectivity index (χ3n) is 12.8. The van der Waals surface area contributed by atoms with Gasteiger partial charge in [0, 0.05) is 32.0 Å². The molecule has 2 saturated heterocycles. The third-order valence-corrected chi connectivity index (χ3v) is 13.1. The number of benzene rings is 4. The van der Waals surface area contributed by atoms with E-state index in [1.807, 2.05) is 0 Å². The van der Waals surface area contributed by atoms with Crippen molar-refractivity contribution in [3.05, 3.63) is 130 Å². The summed E-state index contributed by atoms with van der Waals surface area (Å²) in [5.74, 6) is -5.60. The van der Waals surface area contributed by atoms with Crippen LogP contribution in [0.25, 0.3) is 0 Å². The van der Waals surface area contributed by atoms with Gasteiger partial charge < -0.3 is 15.1 Å². The molecule has 4 aromatic rings. The van der Waals surface area contributed by atoms with Crippen LogP contribution in [-0.2, 0) is 54.2 Å². The van der Waals surface area contributed by atoms with Gasteiger partial charge in [-0.1, -0.05) is 24.3 Å². The zero-order chi connectivity index (χ0) is 50.4. The minimum atomic E-state index is -4.52. The van der Waals surface area contributed by atoms with Crippen LogP contribution in [0.3, 0.4) is 0 Å². The summed E-state index contributed by atoms with van der Waals surface area (Å²) in [6, 6.07) is 19.0. The first-order chi connectivity index (χ1) is 32.5. The molecule has 0 aromatic heterocycles. The van der Waals surface area contributed by atoms with Crippen LogP contribution in [0.2, 0.25) is 0 Å². The molecule has 358 valence electrons. The van der Waals surface area contributed by atoms with E-state index in [9.17, 15) is 63.9 Å². The molecular formula is C47H36ClF8N7O6. The van der Waals surface area contributed by atoms with Crippen LogP contribution in [0, 0.1) is 46.1 Å². The number of hydrogen-bond donors (Lipinski definition) is 1. The van der Waals surface area contributed by atoms with Crippen molar-refractivity contribution < 1.29 is 63.9 Å². The summed E-state index contributed by atoms with van der Waals surface area (Å²) >= 11 is 5.58. The van der Waals surface area contributed by atoms with Crippen molar-refractivity contribution >= 4 is 57.8 Å². The predicted octanol–water partition coefficient (Wildman–Crippen LogP) is 6.99. The highest BCUT2D eigenvalue weighted by Crippen LogP contribution is 2.50. The largest absolute Gasteiger partial charge is 0.416 e. The van der Waals surface area contributed by atoms with Crippen LogP contribution in [-0.4, -0.2) is 75.8 Å². The van der Waals surface area contributed by atoms with E-state index >= 15 is 0 Å². The summed E-state index contributed by atoms with van der Waals surface area (Å²) < 4.78 is 107. The summed E-state index contributed by atoms with van der Waals surface area (Å²) in [6.45, 7) is -1.32. The number of nitrogens with zero attached hydrogens (tertiary/aromatic N) is 6. The summed E-state index contributed by atoms with van der Waals surface area (Å²) in [7, 11) is 1.44. The number of carbonyl (C=O) groups is 6. The summed E-state index contributed by atoms with van der Waals surface area (Å²) in [5, 5.41) is 19.7. The van der Waals surface area contributed by atoms with E-state index in [0.29, 0.717) is 11.1 Å². The van der Waals surface area contributed by atoms with Gasteiger partial charge in [-0.15, -0.1) is 0 Å². The van der Waals surface area contributed by atoms with Crippen LogP contribution in [0.15, 0.2) is 84.9 Å². The molecule has 5 amide bonds. The number of amides is 5. The van der Waals surface area contributed by atoms with E-state index < -0.39 is 100.0 Å². The lowest BCUT2D eigenvalue weighted by atomic mass is 9.64. The molecule has 2 saturated carbocycles. The van der Waals surface area contributed by atoms with E-state index in [1.165, 1.54) is 65.4 Å². The van der Waals surface area contributed by atoms with Crippen molar-refractivity contribution in [1.82, 2.24) is 15.1 Å². The Hall–Kier alpha value is -7.39. The average Bonchev–Trinajstić information content (AvgIpc) is 3.27. The van der Waals surface area contributed by atoms with Gasteiger partial charge in [0.1, 0.15) is 35.8 Å². The Morgan fingerprint density at radius 1 is 0.638 bits per heavy atom. The van der Waals surface area contributed by atoms with Crippen LogP contribution in [0.1, 0.15) is 59.1 Å². The molecule has 2 aliphatic heterocycles. The van der Waals surface area contributed by atoms with Crippen molar-refractivity contribution in [3.8, 4) is 12.1 Å². The van der Waals surface area contributed by atoms with Crippen molar-refractivity contribution in [1.29, 1.82) is 10.5 Å². The second-order valence-electron chi connectivity index (χ2n) is 16.9. The summed E-state index contributed by atoms with van der Waals surface area (Å²) in [5.41, 5.74) is -4.19. The Labute approximate surface area is 392 Å². The molecule has 1 N–H and O–H groups in total. The van der Waals surface area contributed by atoms with Gasteiger partial charge in [0.05, 0.1) is 45.8 Å². The van der Waals surface area contributed by atoms with E-state index in [1.54, 1.807) is 12.1 Å². The van der Waals surface area contributed by atoms with Gasteiger partial charge in [0.15, 0.2) is 0 Å². The minimum absolute atomic E-state index is 0.00766. The maximum Gasteiger partial charge on any atom is 0.416 e. The maximum absolute atomic E-state index is 14.7. The van der Waals surface area contributed by atoms with Crippen molar-refractivity contribution in [2.24, 2.45) is 11.8 Å². The quantitative estimate of drug-likeness (QED) is 0.145. The lowest BCUT2D eigenvalue weighted by molar-refractivity contribution is -0.165. The zero-order valence-electron chi connectivity index (χ0n) is 35.9. The number of carbonyl (C=O) groups excluding carboxylic acids is 6. The Bertz CT molecular complexity index is 2830. The molecule has 2 spiro atoms. The molecule has 4 aromatic carbocycles. The molecule has 0 radical (unpaired) electrons. The molecule has 4 aliphatic rings. The molecule has 22 heteroatoms. The molecule has 69 heavy (non-hydrogen) atoms. The molecule has 2 aliphatic carbocycles. The average molecular weight is 982 g/mol. The first-order valence-corrected chi connectivity index (χ1v) is 21.2. The first-order valence-electron chi connectivity index (χ1n) is 20.8. The van der Waals surface area contributed by atoms with Crippen LogP contribution in [0.5, 0.6) is 0 Å². The topological polar surface area (TPSA) is 175 Å². The van der Waals surface area contributed by atoms with Gasteiger partial charge in [0.25, 0.3) is 11.8 Å².